The van der Waals surface area contributed by atoms with E-state index < -0.39 is 0 Å². The Balaban J connectivity index is 2.52. The molecule has 0 radical (unpaired) electrons. The van der Waals surface area contributed by atoms with Gasteiger partial charge in [0.15, 0.2) is 0 Å². The van der Waals surface area contributed by atoms with Gasteiger partial charge in [-0.15, -0.1) is 0 Å². The van der Waals surface area contributed by atoms with Crippen LogP contribution in [0.1, 0.15) is 13.8 Å². The van der Waals surface area contributed by atoms with E-state index in [2.05, 4.69) is 0 Å². The van der Waals surface area contributed by atoms with E-state index >= 15 is 0 Å². The van der Waals surface area contributed by atoms with E-state index in [1.54, 1.807) is 0 Å². The molecular formula is C14H20N2O6. The lowest BCUT2D eigenvalue weighted by Gasteiger charge is -2.13. The second kappa shape index (κ2) is 8.60. The van der Waals surface area contributed by atoms with Gasteiger partial charge in [0.05, 0.1) is 11.4 Å². The minimum Gasteiger partial charge on any atom is -0.488 e. The summed E-state index contributed by atoms with van der Waals surface area (Å²) in [5, 5.41) is 0. The highest BCUT2D eigenvalue weighted by Gasteiger charge is 2.09. The van der Waals surface area contributed by atoms with Gasteiger partial charge in [0.1, 0.15) is 37.9 Å². The van der Waals surface area contributed by atoms with Crippen LogP contribution in [0.15, 0.2) is 12.1 Å². The number of carbonyl (C=O) groups excluding carboxylic acids is 2. The Labute approximate surface area is 128 Å². The number of nitrogen functional groups attached to an aromatic ring is 2. The minimum atomic E-state index is -0.382. The van der Waals surface area contributed by atoms with Crippen LogP contribution in [0.4, 0.5) is 11.4 Å². The van der Waals surface area contributed by atoms with Crippen molar-refractivity contribution in [3.8, 4) is 11.5 Å². The molecule has 8 nitrogen and oxygen atoms in total. The first kappa shape index (κ1) is 17.4. The molecule has 0 spiro atoms. The van der Waals surface area contributed by atoms with Crippen LogP contribution in [0, 0.1) is 0 Å². The Morgan fingerprint density at radius 2 is 1.18 bits per heavy atom. The van der Waals surface area contributed by atoms with Crippen LogP contribution in [-0.4, -0.2) is 38.4 Å². The average Bonchev–Trinajstić information content (AvgIpc) is 2.43. The van der Waals surface area contributed by atoms with Gasteiger partial charge in [-0.1, -0.05) is 0 Å². The summed E-state index contributed by atoms with van der Waals surface area (Å²) in [5.41, 5.74) is 12.3. The fraction of sp³-hybridized carbons (Fsp3) is 0.429. The minimum absolute atomic E-state index is 0.120. The lowest BCUT2D eigenvalue weighted by atomic mass is 10.2. The van der Waals surface area contributed by atoms with Gasteiger partial charge in [0, 0.05) is 26.0 Å². The predicted octanol–water partition coefficient (Wildman–Crippen LogP) is 0.735. The molecule has 0 fully saturated rings. The fourth-order valence-electron chi connectivity index (χ4n) is 1.52. The number of hydrogen-bond donors (Lipinski definition) is 2. The van der Waals surface area contributed by atoms with Crippen molar-refractivity contribution in [3.05, 3.63) is 12.1 Å². The number of esters is 2. The Morgan fingerprint density at radius 3 is 1.50 bits per heavy atom. The molecule has 4 N–H and O–H groups in total. The highest BCUT2D eigenvalue weighted by Crippen LogP contribution is 2.32. The number of ether oxygens (including phenoxy) is 4. The molecule has 0 heterocycles. The average molecular weight is 312 g/mol. The van der Waals surface area contributed by atoms with Crippen LogP contribution in [0.3, 0.4) is 0 Å². The van der Waals surface area contributed by atoms with Gasteiger partial charge in [-0.25, -0.2) is 0 Å². The molecule has 0 unspecified atom stereocenters. The van der Waals surface area contributed by atoms with Crippen LogP contribution in [-0.2, 0) is 19.1 Å². The standard InChI is InChI=1S/C14H20N2O6/c1-9(17)19-3-5-21-13-7-12(16)14(8-11(13)15)22-6-4-20-10(2)18/h7-8H,3-6,15-16H2,1-2H3. The number of benzene rings is 1. The van der Waals surface area contributed by atoms with Gasteiger partial charge in [0.25, 0.3) is 0 Å². The number of hydrogen-bond acceptors (Lipinski definition) is 8. The van der Waals surface area contributed by atoms with Crippen LogP contribution in [0.2, 0.25) is 0 Å². The topological polar surface area (TPSA) is 123 Å². The van der Waals surface area contributed by atoms with Crippen molar-refractivity contribution in [1.29, 1.82) is 0 Å². The number of rotatable bonds is 8. The molecule has 1 aromatic carbocycles. The van der Waals surface area contributed by atoms with Crippen molar-refractivity contribution in [2.45, 2.75) is 13.8 Å². The third kappa shape index (κ3) is 6.21. The van der Waals surface area contributed by atoms with Gasteiger partial charge in [-0.3, -0.25) is 9.59 Å². The zero-order valence-corrected chi connectivity index (χ0v) is 12.6. The maximum absolute atomic E-state index is 10.6. The molecule has 0 saturated carbocycles. The summed E-state index contributed by atoms with van der Waals surface area (Å²) in [6.07, 6.45) is 0. The van der Waals surface area contributed by atoms with Crippen LogP contribution in [0.25, 0.3) is 0 Å². The Hall–Kier alpha value is -2.64. The smallest absolute Gasteiger partial charge is 0.302 e. The number of anilines is 2. The maximum Gasteiger partial charge on any atom is 0.302 e. The third-order valence-electron chi connectivity index (χ3n) is 2.43. The van der Waals surface area contributed by atoms with E-state index in [4.69, 9.17) is 30.4 Å². The summed E-state index contributed by atoms with van der Waals surface area (Å²) in [7, 11) is 0. The predicted molar refractivity (Wildman–Crippen MR) is 79.5 cm³/mol. The molecule has 1 rings (SSSR count). The van der Waals surface area contributed by atoms with E-state index in [1.165, 1.54) is 26.0 Å². The fourth-order valence-corrected chi connectivity index (χ4v) is 1.52. The van der Waals surface area contributed by atoms with Gasteiger partial charge >= 0.3 is 11.9 Å². The van der Waals surface area contributed by atoms with E-state index in [0.29, 0.717) is 22.9 Å². The monoisotopic (exact) mass is 312 g/mol. The van der Waals surface area contributed by atoms with E-state index in [-0.39, 0.29) is 38.4 Å². The Morgan fingerprint density at radius 1 is 0.818 bits per heavy atom. The lowest BCUT2D eigenvalue weighted by molar-refractivity contribution is -0.142. The maximum atomic E-state index is 10.6. The molecule has 0 bridgehead atoms. The molecular weight excluding hydrogens is 292 g/mol. The van der Waals surface area contributed by atoms with E-state index in [0.717, 1.165) is 0 Å². The van der Waals surface area contributed by atoms with Crippen molar-refractivity contribution in [2.24, 2.45) is 0 Å². The molecule has 0 atom stereocenters. The molecule has 0 saturated heterocycles. The molecule has 0 aliphatic rings. The first-order valence-corrected chi connectivity index (χ1v) is 6.61. The largest absolute Gasteiger partial charge is 0.488 e. The zero-order chi connectivity index (χ0) is 16.5. The Bertz CT molecular complexity index is 485. The second-order valence-corrected chi connectivity index (χ2v) is 4.30. The highest BCUT2D eigenvalue weighted by molar-refractivity contribution is 5.68. The molecule has 0 aliphatic heterocycles. The van der Waals surface area contributed by atoms with Gasteiger partial charge < -0.3 is 30.4 Å². The van der Waals surface area contributed by atoms with Crippen LogP contribution < -0.4 is 20.9 Å². The second-order valence-electron chi connectivity index (χ2n) is 4.30. The third-order valence-corrected chi connectivity index (χ3v) is 2.43. The molecule has 0 aromatic heterocycles. The van der Waals surface area contributed by atoms with Gasteiger partial charge in [-0.2, -0.15) is 0 Å². The summed E-state index contributed by atoms with van der Waals surface area (Å²) in [6, 6.07) is 3.04. The summed E-state index contributed by atoms with van der Waals surface area (Å²) >= 11 is 0. The first-order valence-electron chi connectivity index (χ1n) is 6.61. The molecule has 1 aromatic rings. The van der Waals surface area contributed by atoms with Crippen molar-refractivity contribution in [1.82, 2.24) is 0 Å². The number of nitrogens with two attached hydrogens (primary N) is 2. The van der Waals surface area contributed by atoms with Crippen molar-refractivity contribution < 1.29 is 28.5 Å². The molecule has 22 heavy (non-hydrogen) atoms. The zero-order valence-electron chi connectivity index (χ0n) is 12.6. The number of carbonyl (C=O) groups is 2. The van der Waals surface area contributed by atoms with Gasteiger partial charge in [-0.05, 0) is 0 Å². The summed E-state index contributed by atoms with van der Waals surface area (Å²) in [5.74, 6) is -0.0193. The molecule has 0 amide bonds. The first-order chi connectivity index (χ1) is 10.4. The molecule has 0 aliphatic carbocycles. The van der Waals surface area contributed by atoms with Crippen molar-refractivity contribution in [2.75, 3.05) is 37.9 Å². The van der Waals surface area contributed by atoms with Gasteiger partial charge in [0.2, 0.25) is 0 Å². The molecule has 8 heteroatoms. The van der Waals surface area contributed by atoms with Crippen molar-refractivity contribution >= 4 is 23.3 Å². The van der Waals surface area contributed by atoms with Crippen molar-refractivity contribution in [3.63, 3.8) is 0 Å². The summed E-state index contributed by atoms with van der Waals surface area (Å²) < 4.78 is 20.2. The summed E-state index contributed by atoms with van der Waals surface area (Å²) in [6.45, 7) is 3.19. The highest BCUT2D eigenvalue weighted by atomic mass is 16.6. The van der Waals surface area contributed by atoms with Crippen LogP contribution in [0.5, 0.6) is 11.5 Å². The molecule has 122 valence electrons. The lowest BCUT2D eigenvalue weighted by Crippen LogP contribution is -2.12. The normalized spacial score (nSPS) is 9.91. The summed E-state index contributed by atoms with van der Waals surface area (Å²) in [4.78, 5) is 21.2. The van der Waals surface area contributed by atoms with Crippen LogP contribution >= 0.6 is 0 Å². The SMILES string of the molecule is CC(=O)OCCOc1cc(N)c(OCCOC(C)=O)cc1N. The van der Waals surface area contributed by atoms with E-state index in [1.807, 2.05) is 0 Å². The quantitative estimate of drug-likeness (QED) is 0.409. The Kier molecular flexibility index (Phi) is 6.81. The van der Waals surface area contributed by atoms with E-state index in [9.17, 15) is 9.59 Å².